The molecule has 2 N–H and O–H groups in total. The zero-order chi connectivity index (χ0) is 19.4. The van der Waals surface area contributed by atoms with Gasteiger partial charge in [0.25, 0.3) is 5.91 Å². The van der Waals surface area contributed by atoms with Crippen LogP contribution in [-0.2, 0) is 19.6 Å². The molecule has 9 nitrogen and oxygen atoms in total. The summed E-state index contributed by atoms with van der Waals surface area (Å²) < 4.78 is 40.3. The molecule has 0 unspecified atom stereocenters. The largest absolute Gasteiger partial charge is 0.454 e. The van der Waals surface area contributed by atoms with Crippen molar-refractivity contribution in [3.8, 4) is 11.5 Å². The van der Waals surface area contributed by atoms with Gasteiger partial charge in [-0.1, -0.05) is 12.1 Å². The third-order valence-corrected chi connectivity index (χ3v) is 4.02. The van der Waals surface area contributed by atoms with Gasteiger partial charge in [0.2, 0.25) is 16.8 Å². The molecule has 2 aromatic carbocycles. The number of carbonyl (C=O) groups excluding carboxylic acids is 2. The highest BCUT2D eigenvalue weighted by atomic mass is 32.2. The van der Waals surface area contributed by atoms with Gasteiger partial charge in [0.05, 0.1) is 17.5 Å². The second-order valence-electron chi connectivity index (χ2n) is 5.61. The molecule has 1 aliphatic heterocycles. The van der Waals surface area contributed by atoms with Gasteiger partial charge in [-0.05, 0) is 24.3 Å². The molecule has 0 spiro atoms. The highest BCUT2D eigenvalue weighted by Crippen LogP contribution is 2.34. The Labute approximate surface area is 155 Å². The predicted molar refractivity (Wildman–Crippen MR) is 96.4 cm³/mol. The van der Waals surface area contributed by atoms with E-state index in [4.69, 9.17) is 14.2 Å². The van der Waals surface area contributed by atoms with Gasteiger partial charge in [-0.15, -0.1) is 0 Å². The Morgan fingerprint density at radius 3 is 2.63 bits per heavy atom. The number of anilines is 2. The number of rotatable bonds is 6. The third-order valence-electron chi connectivity index (χ3n) is 3.43. The SMILES string of the molecule is CS(=O)(=O)Nc1ccccc1C(=O)OCC(=O)Nc1ccc2c(c1)OCO2. The summed E-state index contributed by atoms with van der Waals surface area (Å²) in [6.45, 7) is -0.425. The topological polar surface area (TPSA) is 120 Å². The number of carbonyl (C=O) groups is 2. The fraction of sp³-hybridized carbons (Fsp3) is 0.176. The van der Waals surface area contributed by atoms with Crippen LogP contribution in [0.1, 0.15) is 10.4 Å². The van der Waals surface area contributed by atoms with Crippen LogP contribution in [0.25, 0.3) is 0 Å². The van der Waals surface area contributed by atoms with Crippen molar-refractivity contribution in [2.75, 3.05) is 29.7 Å². The van der Waals surface area contributed by atoms with E-state index in [2.05, 4.69) is 10.0 Å². The number of hydrogen-bond donors (Lipinski definition) is 2. The molecule has 0 aromatic heterocycles. The van der Waals surface area contributed by atoms with Crippen molar-refractivity contribution in [2.45, 2.75) is 0 Å². The Hall–Kier alpha value is -3.27. The van der Waals surface area contributed by atoms with E-state index in [0.29, 0.717) is 17.2 Å². The lowest BCUT2D eigenvalue weighted by Gasteiger charge is -2.11. The summed E-state index contributed by atoms with van der Waals surface area (Å²) in [6.07, 6.45) is 0.966. The first-order valence-electron chi connectivity index (χ1n) is 7.75. The summed E-state index contributed by atoms with van der Waals surface area (Å²) in [6, 6.07) is 10.8. The molecule has 3 rings (SSSR count). The summed E-state index contributed by atoms with van der Waals surface area (Å²) in [5.74, 6) is -0.307. The number of sulfonamides is 1. The van der Waals surface area contributed by atoms with Gasteiger partial charge in [0, 0.05) is 11.8 Å². The van der Waals surface area contributed by atoms with Crippen LogP contribution in [0.5, 0.6) is 11.5 Å². The van der Waals surface area contributed by atoms with E-state index in [0.717, 1.165) is 6.26 Å². The van der Waals surface area contributed by atoms with Crippen molar-refractivity contribution in [1.82, 2.24) is 0 Å². The molecule has 0 bridgehead atoms. The molecule has 2 aromatic rings. The minimum atomic E-state index is -3.57. The smallest absolute Gasteiger partial charge is 0.340 e. The third kappa shape index (κ3) is 4.88. The molecule has 1 amide bonds. The monoisotopic (exact) mass is 392 g/mol. The van der Waals surface area contributed by atoms with Gasteiger partial charge in [0.1, 0.15) is 0 Å². The summed E-state index contributed by atoms with van der Waals surface area (Å²) in [7, 11) is -3.57. The molecular weight excluding hydrogens is 376 g/mol. The average molecular weight is 392 g/mol. The molecule has 10 heteroatoms. The highest BCUT2D eigenvalue weighted by Gasteiger charge is 2.17. The normalized spacial score (nSPS) is 12.3. The minimum absolute atomic E-state index is 0.00111. The molecule has 1 aliphatic rings. The van der Waals surface area contributed by atoms with Crippen molar-refractivity contribution in [1.29, 1.82) is 0 Å². The molecule has 0 radical (unpaired) electrons. The first-order valence-corrected chi connectivity index (χ1v) is 9.64. The van der Waals surface area contributed by atoms with Crippen molar-refractivity contribution < 1.29 is 32.2 Å². The zero-order valence-corrected chi connectivity index (χ0v) is 15.0. The van der Waals surface area contributed by atoms with E-state index in [1.165, 1.54) is 12.1 Å². The lowest BCUT2D eigenvalue weighted by Crippen LogP contribution is -2.22. The van der Waals surface area contributed by atoms with E-state index in [-0.39, 0.29) is 18.0 Å². The van der Waals surface area contributed by atoms with Crippen molar-refractivity contribution >= 4 is 33.3 Å². The Morgan fingerprint density at radius 2 is 1.85 bits per heavy atom. The van der Waals surface area contributed by atoms with Crippen LogP contribution in [0.15, 0.2) is 42.5 Å². The van der Waals surface area contributed by atoms with Crippen LogP contribution in [0.4, 0.5) is 11.4 Å². The Kier molecular flexibility index (Phi) is 5.17. The van der Waals surface area contributed by atoms with Gasteiger partial charge in [-0.25, -0.2) is 13.2 Å². The fourth-order valence-corrected chi connectivity index (χ4v) is 2.91. The summed E-state index contributed by atoms with van der Waals surface area (Å²) in [5, 5.41) is 2.57. The van der Waals surface area contributed by atoms with Crippen molar-refractivity contribution in [3.05, 3.63) is 48.0 Å². The molecule has 1 heterocycles. The van der Waals surface area contributed by atoms with Crippen molar-refractivity contribution in [3.63, 3.8) is 0 Å². The van der Waals surface area contributed by atoms with Crippen LogP contribution in [-0.4, -0.2) is 39.9 Å². The molecule has 0 saturated heterocycles. The molecule has 0 saturated carbocycles. The van der Waals surface area contributed by atoms with E-state index in [9.17, 15) is 18.0 Å². The number of esters is 1. The van der Waals surface area contributed by atoms with E-state index in [1.54, 1.807) is 30.3 Å². The molecule has 0 atom stereocenters. The maximum absolute atomic E-state index is 12.2. The van der Waals surface area contributed by atoms with Crippen LogP contribution in [0, 0.1) is 0 Å². The number of para-hydroxylation sites is 1. The van der Waals surface area contributed by atoms with Gasteiger partial charge in [-0.3, -0.25) is 9.52 Å². The molecular formula is C17H16N2O7S. The maximum atomic E-state index is 12.2. The molecule has 0 aliphatic carbocycles. The summed E-state index contributed by atoms with van der Waals surface area (Å²) in [5.41, 5.74) is 0.527. The van der Waals surface area contributed by atoms with E-state index >= 15 is 0 Å². The minimum Gasteiger partial charge on any atom is -0.454 e. The lowest BCUT2D eigenvalue weighted by molar-refractivity contribution is -0.119. The number of hydrogen-bond acceptors (Lipinski definition) is 7. The number of ether oxygens (including phenoxy) is 3. The molecule has 27 heavy (non-hydrogen) atoms. The first-order chi connectivity index (χ1) is 12.8. The van der Waals surface area contributed by atoms with Gasteiger partial charge in [0.15, 0.2) is 18.1 Å². The first kappa shape index (κ1) is 18.5. The summed E-state index contributed by atoms with van der Waals surface area (Å²) >= 11 is 0. The quantitative estimate of drug-likeness (QED) is 0.716. The maximum Gasteiger partial charge on any atom is 0.340 e. The number of fused-ring (bicyclic) bond motifs is 1. The van der Waals surface area contributed by atoms with Crippen molar-refractivity contribution in [2.24, 2.45) is 0 Å². The number of nitrogens with one attached hydrogen (secondary N) is 2. The lowest BCUT2D eigenvalue weighted by atomic mass is 10.2. The second-order valence-corrected chi connectivity index (χ2v) is 7.36. The van der Waals surface area contributed by atoms with E-state index in [1.807, 2.05) is 0 Å². The van der Waals surface area contributed by atoms with E-state index < -0.39 is 28.5 Å². The molecule has 0 fully saturated rings. The van der Waals surface area contributed by atoms with Crippen LogP contribution < -0.4 is 19.5 Å². The second kappa shape index (κ2) is 7.54. The van der Waals surface area contributed by atoms with Gasteiger partial charge < -0.3 is 19.5 Å². The zero-order valence-electron chi connectivity index (χ0n) is 14.2. The fourth-order valence-electron chi connectivity index (χ4n) is 2.33. The highest BCUT2D eigenvalue weighted by molar-refractivity contribution is 7.92. The number of benzene rings is 2. The Morgan fingerprint density at radius 1 is 1.11 bits per heavy atom. The van der Waals surface area contributed by atoms with Crippen LogP contribution >= 0.6 is 0 Å². The molecule has 142 valence electrons. The average Bonchev–Trinajstić information content (AvgIpc) is 3.06. The van der Waals surface area contributed by atoms with Gasteiger partial charge in [-0.2, -0.15) is 0 Å². The number of amides is 1. The van der Waals surface area contributed by atoms with Crippen LogP contribution in [0.2, 0.25) is 0 Å². The van der Waals surface area contributed by atoms with Crippen LogP contribution in [0.3, 0.4) is 0 Å². The standard InChI is InChI=1S/C17H16N2O7S/c1-27(22,23)19-13-5-3-2-4-12(13)17(21)24-9-16(20)18-11-6-7-14-15(8-11)26-10-25-14/h2-8,19H,9-10H2,1H3,(H,18,20). The summed E-state index contributed by atoms with van der Waals surface area (Å²) in [4.78, 5) is 24.2. The van der Waals surface area contributed by atoms with Gasteiger partial charge >= 0.3 is 5.97 Å². The Balaban J connectivity index is 1.60. The Bertz CT molecular complexity index is 989. The predicted octanol–water partition coefficient (Wildman–Crippen LogP) is 1.58.